The van der Waals surface area contributed by atoms with Gasteiger partial charge in [-0.2, -0.15) is 4.98 Å². The van der Waals surface area contributed by atoms with Gasteiger partial charge in [-0.1, -0.05) is 11.2 Å². The van der Waals surface area contributed by atoms with Crippen LogP contribution in [-0.4, -0.2) is 10.1 Å². The van der Waals surface area contributed by atoms with E-state index >= 15 is 0 Å². The molecule has 1 heterocycles. The van der Waals surface area contributed by atoms with E-state index in [0.717, 1.165) is 18.5 Å². The minimum atomic E-state index is -0.718. The Hall–Kier alpha value is -1.78. The molecule has 1 aromatic carbocycles. The number of halogens is 2. The number of benzene rings is 1. The fourth-order valence-corrected chi connectivity index (χ4v) is 0.985. The molecule has 0 fully saturated rings. The summed E-state index contributed by atoms with van der Waals surface area (Å²) in [4.78, 5) is 3.55. The maximum Gasteiger partial charge on any atom is 0.263 e. The van der Waals surface area contributed by atoms with Crippen LogP contribution in [0.2, 0.25) is 0 Å². The highest BCUT2D eigenvalue weighted by molar-refractivity contribution is 5.54. The molecule has 13 heavy (non-hydrogen) atoms. The Kier molecular flexibility index (Phi) is 1.77. The van der Waals surface area contributed by atoms with Crippen molar-refractivity contribution in [3.8, 4) is 11.5 Å². The van der Waals surface area contributed by atoms with Crippen LogP contribution in [0.3, 0.4) is 0 Å². The van der Waals surface area contributed by atoms with E-state index in [1.54, 1.807) is 0 Å². The van der Waals surface area contributed by atoms with Gasteiger partial charge in [0.25, 0.3) is 5.89 Å². The lowest BCUT2D eigenvalue weighted by Gasteiger charge is -1.97. The van der Waals surface area contributed by atoms with E-state index < -0.39 is 11.6 Å². The highest BCUT2D eigenvalue weighted by Gasteiger charge is 2.14. The van der Waals surface area contributed by atoms with E-state index in [4.69, 9.17) is 0 Å². The SMILES string of the molecule is Fc1cccc(F)c1-c1ncno1. The van der Waals surface area contributed by atoms with Gasteiger partial charge in [-0.25, -0.2) is 8.78 Å². The fraction of sp³-hybridized carbons (Fsp3) is 0. The molecule has 2 aromatic rings. The zero-order valence-electron chi connectivity index (χ0n) is 6.37. The third kappa shape index (κ3) is 1.28. The highest BCUT2D eigenvalue weighted by atomic mass is 19.1. The summed E-state index contributed by atoms with van der Waals surface area (Å²) in [5, 5.41) is 3.26. The van der Waals surface area contributed by atoms with Gasteiger partial charge in [-0.3, -0.25) is 0 Å². The summed E-state index contributed by atoms with van der Waals surface area (Å²) in [6.45, 7) is 0. The smallest absolute Gasteiger partial charge is 0.263 e. The molecular formula is C8H4F2N2O. The van der Waals surface area contributed by atoms with E-state index in [1.807, 2.05) is 0 Å². The maximum atomic E-state index is 13.0. The van der Waals surface area contributed by atoms with Crippen molar-refractivity contribution in [2.45, 2.75) is 0 Å². The molecule has 0 spiro atoms. The number of rotatable bonds is 1. The highest BCUT2D eigenvalue weighted by Crippen LogP contribution is 2.22. The topological polar surface area (TPSA) is 38.9 Å². The third-order valence-corrected chi connectivity index (χ3v) is 1.54. The standard InChI is InChI=1S/C8H4F2N2O/c9-5-2-1-3-6(10)7(5)8-11-4-12-13-8/h1-4H. The zero-order valence-corrected chi connectivity index (χ0v) is 6.37. The lowest BCUT2D eigenvalue weighted by atomic mass is 10.2. The molecule has 0 saturated carbocycles. The first-order valence-electron chi connectivity index (χ1n) is 3.50. The number of hydrogen-bond acceptors (Lipinski definition) is 3. The normalized spacial score (nSPS) is 10.3. The summed E-state index contributed by atoms with van der Waals surface area (Å²) in [6, 6.07) is 3.52. The van der Waals surface area contributed by atoms with Gasteiger partial charge in [0.05, 0.1) is 0 Å². The van der Waals surface area contributed by atoms with Crippen molar-refractivity contribution in [3.63, 3.8) is 0 Å². The lowest BCUT2D eigenvalue weighted by Crippen LogP contribution is -1.88. The molecule has 1 aromatic heterocycles. The summed E-state index contributed by atoms with van der Waals surface area (Å²) >= 11 is 0. The predicted molar refractivity (Wildman–Crippen MR) is 39.7 cm³/mol. The average Bonchev–Trinajstić information content (AvgIpc) is 2.57. The second kappa shape index (κ2) is 2.93. The van der Waals surface area contributed by atoms with Crippen molar-refractivity contribution in [2.75, 3.05) is 0 Å². The summed E-state index contributed by atoms with van der Waals surface area (Å²) in [5.41, 5.74) is -0.292. The van der Waals surface area contributed by atoms with Gasteiger partial charge in [0.1, 0.15) is 17.2 Å². The zero-order chi connectivity index (χ0) is 9.26. The molecule has 0 saturated heterocycles. The maximum absolute atomic E-state index is 13.0. The van der Waals surface area contributed by atoms with Crippen LogP contribution in [0.4, 0.5) is 8.78 Å². The van der Waals surface area contributed by atoms with Crippen LogP contribution in [0.25, 0.3) is 11.5 Å². The second-order valence-corrected chi connectivity index (χ2v) is 2.34. The molecule has 0 radical (unpaired) electrons. The molecule has 0 aliphatic carbocycles. The quantitative estimate of drug-likeness (QED) is 0.677. The molecule has 66 valence electrons. The molecular weight excluding hydrogens is 178 g/mol. The fourth-order valence-electron chi connectivity index (χ4n) is 0.985. The summed E-state index contributed by atoms with van der Waals surface area (Å²) < 4.78 is 30.6. The Labute approximate surface area is 72.0 Å². The molecule has 3 nitrogen and oxygen atoms in total. The Morgan fingerprint density at radius 3 is 2.38 bits per heavy atom. The van der Waals surface area contributed by atoms with E-state index in [-0.39, 0.29) is 11.5 Å². The van der Waals surface area contributed by atoms with Crippen LogP contribution >= 0.6 is 0 Å². The number of nitrogens with zero attached hydrogens (tertiary/aromatic N) is 2. The van der Waals surface area contributed by atoms with E-state index in [1.165, 1.54) is 6.07 Å². The first-order valence-corrected chi connectivity index (χ1v) is 3.50. The minimum Gasteiger partial charge on any atom is -0.334 e. The second-order valence-electron chi connectivity index (χ2n) is 2.34. The monoisotopic (exact) mass is 182 g/mol. The Bertz CT molecular complexity index is 394. The van der Waals surface area contributed by atoms with Gasteiger partial charge >= 0.3 is 0 Å². The number of hydrogen-bond donors (Lipinski definition) is 0. The predicted octanol–water partition coefficient (Wildman–Crippen LogP) is 2.01. The van der Waals surface area contributed by atoms with E-state index in [9.17, 15) is 8.78 Å². The van der Waals surface area contributed by atoms with Gasteiger partial charge in [0.2, 0.25) is 0 Å². The Morgan fingerprint density at radius 2 is 1.85 bits per heavy atom. The molecule has 0 N–H and O–H groups in total. The van der Waals surface area contributed by atoms with Gasteiger partial charge in [0, 0.05) is 0 Å². The van der Waals surface area contributed by atoms with Crippen molar-refractivity contribution in [2.24, 2.45) is 0 Å². The third-order valence-electron chi connectivity index (χ3n) is 1.54. The summed E-state index contributed by atoms with van der Waals surface area (Å²) in [7, 11) is 0. The van der Waals surface area contributed by atoms with Crippen molar-refractivity contribution < 1.29 is 13.3 Å². The van der Waals surface area contributed by atoms with Gasteiger partial charge in [0.15, 0.2) is 6.33 Å². The van der Waals surface area contributed by atoms with Gasteiger partial charge < -0.3 is 4.52 Å². The van der Waals surface area contributed by atoms with Crippen LogP contribution in [0.1, 0.15) is 0 Å². The molecule has 0 atom stereocenters. The molecule has 0 unspecified atom stereocenters. The molecule has 0 aliphatic rings. The largest absolute Gasteiger partial charge is 0.334 e. The van der Waals surface area contributed by atoms with E-state index in [0.29, 0.717) is 0 Å². The van der Waals surface area contributed by atoms with Crippen LogP contribution in [0.15, 0.2) is 29.0 Å². The molecule has 0 amide bonds. The van der Waals surface area contributed by atoms with Crippen molar-refractivity contribution in [1.82, 2.24) is 10.1 Å². The van der Waals surface area contributed by atoms with Crippen LogP contribution in [0.5, 0.6) is 0 Å². The first-order chi connectivity index (χ1) is 6.29. The van der Waals surface area contributed by atoms with Crippen LogP contribution in [-0.2, 0) is 0 Å². The number of aromatic nitrogens is 2. The molecule has 5 heteroatoms. The average molecular weight is 182 g/mol. The first kappa shape index (κ1) is 7.85. The Morgan fingerprint density at radius 1 is 1.15 bits per heavy atom. The van der Waals surface area contributed by atoms with Crippen molar-refractivity contribution >= 4 is 0 Å². The summed E-state index contributed by atoms with van der Waals surface area (Å²) in [6.07, 6.45) is 1.08. The van der Waals surface area contributed by atoms with Crippen LogP contribution < -0.4 is 0 Å². The lowest BCUT2D eigenvalue weighted by molar-refractivity contribution is 0.424. The van der Waals surface area contributed by atoms with Crippen molar-refractivity contribution in [1.29, 1.82) is 0 Å². The molecule has 2 rings (SSSR count). The minimum absolute atomic E-state index is 0.157. The van der Waals surface area contributed by atoms with Crippen molar-refractivity contribution in [3.05, 3.63) is 36.2 Å². The van der Waals surface area contributed by atoms with Crippen LogP contribution in [0, 0.1) is 11.6 Å². The Balaban J connectivity index is 2.64. The summed E-state index contributed by atoms with van der Waals surface area (Å²) in [5.74, 6) is -1.59. The van der Waals surface area contributed by atoms with Gasteiger partial charge in [-0.15, -0.1) is 0 Å². The van der Waals surface area contributed by atoms with Gasteiger partial charge in [-0.05, 0) is 12.1 Å². The molecule has 0 aliphatic heterocycles. The van der Waals surface area contributed by atoms with E-state index in [2.05, 4.69) is 14.7 Å². The molecule has 0 bridgehead atoms.